The third kappa shape index (κ3) is 1.73. The first-order valence-electron chi connectivity index (χ1n) is 4.12. The lowest BCUT2D eigenvalue weighted by atomic mass is 10.1. The molecule has 0 saturated carbocycles. The number of nitrogens with two attached hydrogens (primary N) is 1. The first kappa shape index (κ1) is 11.0. The van der Waals surface area contributed by atoms with Gasteiger partial charge < -0.3 is 5.73 Å². The van der Waals surface area contributed by atoms with Crippen molar-refractivity contribution in [2.45, 2.75) is 25.7 Å². The molecule has 1 atom stereocenters. The molecule has 0 fully saturated rings. The lowest BCUT2D eigenvalue weighted by Crippen LogP contribution is -2.06. The molecule has 0 amide bonds. The summed E-state index contributed by atoms with van der Waals surface area (Å²) in [5.41, 5.74) is 8.14. The van der Waals surface area contributed by atoms with Crippen molar-refractivity contribution in [1.82, 2.24) is 0 Å². The summed E-state index contributed by atoms with van der Waals surface area (Å²) in [7, 11) is -3.69. The molecule has 0 heterocycles. The fraction of sp³-hybridized carbons (Fsp3) is 0.333. The Hall–Kier alpha value is -1.07. The molecule has 0 radical (unpaired) electrons. The van der Waals surface area contributed by atoms with E-state index in [9.17, 15) is 8.76 Å². The maximum atomic E-state index is 11.3. The van der Waals surface area contributed by atoms with Gasteiger partial charge in [-0.25, -0.2) is 8.99 Å². The minimum absolute atomic E-state index is 0.148. The highest BCUT2D eigenvalue weighted by Gasteiger charge is 2.16. The van der Waals surface area contributed by atoms with Gasteiger partial charge in [-0.1, -0.05) is 0 Å². The average molecular weight is 214 g/mol. The largest absolute Gasteiger partial charge is 0.398 e. The van der Waals surface area contributed by atoms with Crippen molar-refractivity contribution in [3.63, 3.8) is 0 Å². The van der Waals surface area contributed by atoms with Gasteiger partial charge in [0.15, 0.2) is 10.0 Å². The van der Waals surface area contributed by atoms with Crippen molar-refractivity contribution < 1.29 is 8.76 Å². The van der Waals surface area contributed by atoms with E-state index in [1.807, 2.05) is 0 Å². The van der Waals surface area contributed by atoms with E-state index in [0.717, 1.165) is 5.56 Å². The fourth-order valence-electron chi connectivity index (χ4n) is 1.46. The molecule has 0 aliphatic carbocycles. The Kier molecular flexibility index (Phi) is 2.56. The van der Waals surface area contributed by atoms with Gasteiger partial charge in [-0.05, 0) is 43.5 Å². The molecule has 0 aliphatic heterocycles. The number of benzene rings is 1. The zero-order chi connectivity index (χ0) is 11.1. The van der Waals surface area contributed by atoms with Gasteiger partial charge in [0.25, 0.3) is 0 Å². The Labute approximate surface area is 83.9 Å². The third-order valence-electron chi connectivity index (χ3n) is 2.35. The molecule has 1 aromatic rings. The van der Waals surface area contributed by atoms with Crippen molar-refractivity contribution in [3.05, 3.63) is 22.8 Å². The first-order chi connectivity index (χ1) is 6.25. The zero-order valence-electron chi connectivity index (χ0n) is 8.42. The number of hydrogen-bond donors (Lipinski definition) is 3. The van der Waals surface area contributed by atoms with Crippen LogP contribution in [0.15, 0.2) is 11.0 Å². The van der Waals surface area contributed by atoms with Crippen LogP contribution < -0.4 is 5.73 Å². The van der Waals surface area contributed by atoms with Crippen LogP contribution in [0.3, 0.4) is 0 Å². The highest BCUT2D eigenvalue weighted by atomic mass is 32.2. The van der Waals surface area contributed by atoms with Gasteiger partial charge in [0.05, 0.1) is 4.90 Å². The van der Waals surface area contributed by atoms with E-state index in [1.54, 1.807) is 26.8 Å². The SMILES string of the molecule is Cc1cc(N)c(C)c(S(=N)(=O)O)c1C. The van der Waals surface area contributed by atoms with Gasteiger partial charge in [0.1, 0.15) is 0 Å². The lowest BCUT2D eigenvalue weighted by molar-refractivity contribution is 0.547. The molecule has 0 spiro atoms. The van der Waals surface area contributed by atoms with E-state index in [0.29, 0.717) is 16.8 Å². The zero-order valence-corrected chi connectivity index (χ0v) is 9.23. The second kappa shape index (κ2) is 3.25. The van der Waals surface area contributed by atoms with Gasteiger partial charge in [0, 0.05) is 5.69 Å². The molecule has 1 rings (SSSR count). The normalized spacial score (nSPS) is 15.1. The van der Waals surface area contributed by atoms with E-state index < -0.39 is 10.0 Å². The van der Waals surface area contributed by atoms with Crippen LogP contribution >= 0.6 is 0 Å². The van der Waals surface area contributed by atoms with Crippen molar-refractivity contribution in [3.8, 4) is 0 Å². The van der Waals surface area contributed by atoms with Gasteiger partial charge in [0.2, 0.25) is 0 Å². The van der Waals surface area contributed by atoms with Crippen LogP contribution in [0.25, 0.3) is 0 Å². The standard InChI is InChI=1S/C9H14N2O2S/c1-5-4-8(10)7(3)9(6(5)2)14(11,12)13/h4H,10H2,1-3H3,(H2,11,12,13). The molecule has 4 nitrogen and oxygen atoms in total. The van der Waals surface area contributed by atoms with Crippen LogP contribution in [0.4, 0.5) is 5.69 Å². The summed E-state index contributed by atoms with van der Waals surface area (Å²) < 4.78 is 27.7. The molecule has 4 N–H and O–H groups in total. The Morgan fingerprint density at radius 3 is 2.29 bits per heavy atom. The Balaban J connectivity index is 3.74. The van der Waals surface area contributed by atoms with E-state index >= 15 is 0 Å². The molecule has 1 unspecified atom stereocenters. The summed E-state index contributed by atoms with van der Waals surface area (Å²) in [6, 6.07) is 1.75. The molecule has 78 valence electrons. The number of nitrogen functional groups attached to an aromatic ring is 1. The number of rotatable bonds is 1. The van der Waals surface area contributed by atoms with Crippen molar-refractivity contribution in [2.24, 2.45) is 0 Å². The van der Waals surface area contributed by atoms with E-state index in [2.05, 4.69) is 0 Å². The van der Waals surface area contributed by atoms with Crippen LogP contribution in [0.2, 0.25) is 0 Å². The Bertz CT molecular complexity index is 452. The molecular weight excluding hydrogens is 200 g/mol. The van der Waals surface area contributed by atoms with Crippen LogP contribution in [-0.2, 0) is 10.0 Å². The summed E-state index contributed by atoms with van der Waals surface area (Å²) in [5, 5.41) is 0. The summed E-state index contributed by atoms with van der Waals surface area (Å²) in [4.78, 5) is 0.148. The molecule has 5 heteroatoms. The van der Waals surface area contributed by atoms with Crippen molar-refractivity contribution in [1.29, 1.82) is 4.78 Å². The predicted molar refractivity (Wildman–Crippen MR) is 56.8 cm³/mol. The molecular formula is C9H14N2O2S. The van der Waals surface area contributed by atoms with Crippen LogP contribution in [0.5, 0.6) is 0 Å². The molecule has 0 aromatic heterocycles. The Morgan fingerprint density at radius 1 is 1.36 bits per heavy atom. The van der Waals surface area contributed by atoms with Crippen LogP contribution in [0.1, 0.15) is 16.7 Å². The molecule has 1 aromatic carbocycles. The minimum atomic E-state index is -3.69. The maximum Gasteiger partial charge on any atom is 0.188 e. The van der Waals surface area contributed by atoms with Gasteiger partial charge in [-0.2, -0.15) is 0 Å². The second-order valence-corrected chi connectivity index (χ2v) is 4.85. The van der Waals surface area contributed by atoms with Crippen molar-refractivity contribution >= 4 is 15.7 Å². The fourth-order valence-corrected chi connectivity index (χ4v) is 2.57. The number of hydrogen-bond acceptors (Lipinski definition) is 3. The van der Waals surface area contributed by atoms with E-state index in [-0.39, 0.29) is 4.90 Å². The van der Waals surface area contributed by atoms with E-state index in [1.165, 1.54) is 0 Å². The summed E-state index contributed by atoms with van der Waals surface area (Å²) >= 11 is 0. The lowest BCUT2D eigenvalue weighted by Gasteiger charge is -2.13. The van der Waals surface area contributed by atoms with Gasteiger partial charge >= 0.3 is 0 Å². The summed E-state index contributed by atoms with van der Waals surface area (Å²) in [6.07, 6.45) is 0. The quantitative estimate of drug-likeness (QED) is 0.625. The van der Waals surface area contributed by atoms with E-state index in [4.69, 9.17) is 10.5 Å². The maximum absolute atomic E-state index is 11.3. The summed E-state index contributed by atoms with van der Waals surface area (Å²) in [5.74, 6) is 0. The molecule has 0 saturated heterocycles. The summed E-state index contributed by atoms with van der Waals surface area (Å²) in [6.45, 7) is 5.18. The van der Waals surface area contributed by atoms with Crippen molar-refractivity contribution in [2.75, 3.05) is 5.73 Å². The number of anilines is 1. The monoisotopic (exact) mass is 214 g/mol. The predicted octanol–water partition coefficient (Wildman–Crippen LogP) is 2.07. The number of nitrogens with one attached hydrogen (secondary N) is 1. The highest BCUT2D eigenvalue weighted by molar-refractivity contribution is 7.87. The molecule has 14 heavy (non-hydrogen) atoms. The van der Waals surface area contributed by atoms with Gasteiger partial charge in [-0.3, -0.25) is 4.55 Å². The van der Waals surface area contributed by atoms with Gasteiger partial charge in [-0.15, -0.1) is 0 Å². The second-order valence-electron chi connectivity index (χ2n) is 3.39. The van der Waals surface area contributed by atoms with Crippen LogP contribution in [-0.4, -0.2) is 8.76 Å². The number of aryl methyl sites for hydroxylation is 1. The van der Waals surface area contributed by atoms with Crippen LogP contribution in [0, 0.1) is 25.6 Å². The molecule has 0 bridgehead atoms. The highest BCUT2D eigenvalue weighted by Crippen LogP contribution is 2.27. The Morgan fingerprint density at radius 2 is 1.86 bits per heavy atom. The average Bonchev–Trinajstić information content (AvgIpc) is 1.98. The molecule has 0 aliphatic rings. The topological polar surface area (TPSA) is 87.2 Å². The first-order valence-corrected chi connectivity index (χ1v) is 5.64. The smallest absolute Gasteiger partial charge is 0.188 e. The minimum Gasteiger partial charge on any atom is -0.398 e. The third-order valence-corrected chi connectivity index (χ3v) is 3.52.